The number of hydrogen-bond acceptors (Lipinski definition) is 4. The molecule has 0 bridgehead atoms. The lowest BCUT2D eigenvalue weighted by atomic mass is 9.97. The van der Waals surface area contributed by atoms with E-state index in [1.54, 1.807) is 13.0 Å². The molecule has 3 aromatic carbocycles. The minimum absolute atomic E-state index is 0.133. The number of carbonyl (C=O) groups is 2. The van der Waals surface area contributed by atoms with Gasteiger partial charge in [-0.2, -0.15) is 5.10 Å². The van der Waals surface area contributed by atoms with E-state index in [2.05, 4.69) is 15.5 Å². The Balaban J connectivity index is 1.64. The van der Waals surface area contributed by atoms with Gasteiger partial charge in [-0.05, 0) is 60.4 Å². The van der Waals surface area contributed by atoms with E-state index in [9.17, 15) is 9.59 Å². The fourth-order valence-corrected chi connectivity index (χ4v) is 3.56. The van der Waals surface area contributed by atoms with Gasteiger partial charge in [-0.15, -0.1) is 0 Å². The van der Waals surface area contributed by atoms with Crippen LogP contribution in [0.25, 0.3) is 22.0 Å². The molecule has 31 heavy (non-hydrogen) atoms. The van der Waals surface area contributed by atoms with Gasteiger partial charge in [-0.1, -0.05) is 42.5 Å². The zero-order chi connectivity index (χ0) is 21.8. The first-order valence-corrected chi connectivity index (χ1v) is 10.1. The summed E-state index contributed by atoms with van der Waals surface area (Å²) in [5.74, 6) is 0.00465. The van der Waals surface area contributed by atoms with Crippen LogP contribution in [0.3, 0.4) is 0 Å². The van der Waals surface area contributed by atoms with Gasteiger partial charge in [0.05, 0.1) is 24.1 Å². The number of rotatable bonds is 6. The number of ether oxygens (including phenoxy) is 1. The quantitative estimate of drug-likeness (QED) is 0.441. The standard InChI is InChI=1S/C25H23N3O3/c1-3-31-25(30)19-11-7-10-18(14-19)20-15-21-22(12-16(20)2)27-28-24(21)26-23(29)13-17-8-5-4-6-9-17/h4-12,14-15H,3,13H2,1-2H3,(H2,26,27,28,29). The van der Waals surface area contributed by atoms with Crippen molar-refractivity contribution in [3.05, 3.63) is 83.4 Å². The summed E-state index contributed by atoms with van der Waals surface area (Å²) in [6.45, 7) is 4.11. The Labute approximate surface area is 180 Å². The van der Waals surface area contributed by atoms with Crippen molar-refractivity contribution >= 4 is 28.6 Å². The molecule has 0 aliphatic rings. The maximum Gasteiger partial charge on any atom is 0.338 e. The van der Waals surface area contributed by atoms with Crippen molar-refractivity contribution in [2.75, 3.05) is 11.9 Å². The number of aromatic amines is 1. The number of benzene rings is 3. The Bertz CT molecular complexity index is 1250. The number of anilines is 1. The first-order valence-electron chi connectivity index (χ1n) is 10.1. The van der Waals surface area contributed by atoms with Crippen molar-refractivity contribution in [1.29, 1.82) is 0 Å². The van der Waals surface area contributed by atoms with Gasteiger partial charge in [0.15, 0.2) is 5.82 Å². The molecule has 0 fully saturated rings. The van der Waals surface area contributed by atoms with Crippen LogP contribution in [0, 0.1) is 6.92 Å². The topological polar surface area (TPSA) is 84.1 Å². The normalized spacial score (nSPS) is 10.8. The summed E-state index contributed by atoms with van der Waals surface area (Å²) in [7, 11) is 0. The molecule has 1 amide bonds. The third-order valence-corrected chi connectivity index (χ3v) is 5.06. The molecule has 1 heterocycles. The van der Waals surface area contributed by atoms with Gasteiger partial charge in [0.1, 0.15) is 0 Å². The molecule has 0 saturated heterocycles. The molecule has 4 rings (SSSR count). The second kappa shape index (κ2) is 8.83. The van der Waals surface area contributed by atoms with E-state index >= 15 is 0 Å². The van der Waals surface area contributed by atoms with Crippen LogP contribution in [-0.2, 0) is 16.0 Å². The highest BCUT2D eigenvalue weighted by Gasteiger charge is 2.14. The number of nitrogens with zero attached hydrogens (tertiary/aromatic N) is 1. The molecule has 0 aliphatic heterocycles. The third kappa shape index (κ3) is 4.48. The summed E-state index contributed by atoms with van der Waals surface area (Å²) in [6, 6.07) is 20.9. The molecule has 2 N–H and O–H groups in total. The van der Waals surface area contributed by atoms with Crippen LogP contribution in [0.4, 0.5) is 5.82 Å². The fraction of sp³-hybridized carbons (Fsp3) is 0.160. The molecule has 156 valence electrons. The Morgan fingerprint density at radius 2 is 1.84 bits per heavy atom. The van der Waals surface area contributed by atoms with Crippen LogP contribution in [0.15, 0.2) is 66.7 Å². The van der Waals surface area contributed by atoms with Gasteiger partial charge >= 0.3 is 5.97 Å². The minimum Gasteiger partial charge on any atom is -0.462 e. The fourth-order valence-electron chi connectivity index (χ4n) is 3.56. The molecule has 6 heteroatoms. The minimum atomic E-state index is -0.347. The average Bonchev–Trinajstić information content (AvgIpc) is 3.15. The van der Waals surface area contributed by atoms with Crippen LogP contribution in [0.5, 0.6) is 0 Å². The van der Waals surface area contributed by atoms with Crippen molar-refractivity contribution in [2.45, 2.75) is 20.3 Å². The number of fused-ring (bicyclic) bond motifs is 1. The zero-order valence-corrected chi connectivity index (χ0v) is 17.4. The monoisotopic (exact) mass is 413 g/mol. The van der Waals surface area contributed by atoms with Crippen LogP contribution in [-0.4, -0.2) is 28.7 Å². The third-order valence-electron chi connectivity index (χ3n) is 5.06. The predicted molar refractivity (Wildman–Crippen MR) is 121 cm³/mol. The second-order valence-electron chi connectivity index (χ2n) is 7.30. The van der Waals surface area contributed by atoms with E-state index in [-0.39, 0.29) is 18.3 Å². The highest BCUT2D eigenvalue weighted by molar-refractivity contribution is 6.02. The number of hydrogen-bond donors (Lipinski definition) is 2. The lowest BCUT2D eigenvalue weighted by Gasteiger charge is -2.09. The molecule has 0 saturated carbocycles. The molecular weight excluding hydrogens is 390 g/mol. The first kappa shape index (κ1) is 20.3. The summed E-state index contributed by atoms with van der Waals surface area (Å²) in [6.07, 6.45) is 0.273. The number of amides is 1. The molecule has 6 nitrogen and oxygen atoms in total. The van der Waals surface area contributed by atoms with Crippen LogP contribution in [0.2, 0.25) is 0 Å². The summed E-state index contributed by atoms with van der Waals surface area (Å²) >= 11 is 0. The Kier molecular flexibility index (Phi) is 5.80. The van der Waals surface area contributed by atoms with E-state index in [4.69, 9.17) is 4.74 Å². The molecule has 0 aliphatic carbocycles. The number of H-pyrrole nitrogens is 1. The lowest BCUT2D eigenvalue weighted by molar-refractivity contribution is -0.115. The summed E-state index contributed by atoms with van der Waals surface area (Å²) in [5.41, 5.74) is 5.15. The van der Waals surface area contributed by atoms with E-state index in [1.165, 1.54) is 0 Å². The van der Waals surface area contributed by atoms with Crippen LogP contribution < -0.4 is 5.32 Å². The molecule has 0 spiro atoms. The van der Waals surface area contributed by atoms with Gasteiger partial charge in [-0.25, -0.2) is 4.79 Å². The molecule has 0 atom stereocenters. The predicted octanol–water partition coefficient (Wildman–Crippen LogP) is 4.90. The molecular formula is C25H23N3O3. The SMILES string of the molecule is CCOC(=O)c1cccc(-c2cc3c(NC(=O)Cc4ccccc4)n[nH]c3cc2C)c1. The van der Waals surface area contributed by atoms with Crippen molar-refractivity contribution in [3.8, 4) is 11.1 Å². The molecule has 0 unspecified atom stereocenters. The van der Waals surface area contributed by atoms with Gasteiger partial charge in [0.2, 0.25) is 5.91 Å². The van der Waals surface area contributed by atoms with Gasteiger partial charge in [0.25, 0.3) is 0 Å². The van der Waals surface area contributed by atoms with E-state index in [0.29, 0.717) is 18.0 Å². The van der Waals surface area contributed by atoms with E-state index in [0.717, 1.165) is 33.2 Å². The number of aryl methyl sites for hydroxylation is 1. The van der Waals surface area contributed by atoms with Crippen molar-refractivity contribution in [2.24, 2.45) is 0 Å². The summed E-state index contributed by atoms with van der Waals surface area (Å²) in [4.78, 5) is 24.6. The number of carbonyl (C=O) groups excluding carboxylic acids is 2. The average molecular weight is 413 g/mol. The van der Waals surface area contributed by atoms with E-state index in [1.807, 2.05) is 67.6 Å². The Hall–Kier alpha value is -3.93. The number of aromatic nitrogens is 2. The highest BCUT2D eigenvalue weighted by Crippen LogP contribution is 2.31. The summed E-state index contributed by atoms with van der Waals surface area (Å²) in [5, 5.41) is 11.0. The lowest BCUT2D eigenvalue weighted by Crippen LogP contribution is -2.14. The highest BCUT2D eigenvalue weighted by atomic mass is 16.5. The zero-order valence-electron chi connectivity index (χ0n) is 17.4. The van der Waals surface area contributed by atoms with Crippen molar-refractivity contribution in [1.82, 2.24) is 10.2 Å². The number of nitrogens with one attached hydrogen (secondary N) is 2. The van der Waals surface area contributed by atoms with Gasteiger partial charge in [-0.3, -0.25) is 9.89 Å². The first-order chi connectivity index (χ1) is 15.0. The van der Waals surface area contributed by atoms with Gasteiger partial charge < -0.3 is 10.1 Å². The smallest absolute Gasteiger partial charge is 0.338 e. The maximum absolute atomic E-state index is 12.5. The molecule has 4 aromatic rings. The largest absolute Gasteiger partial charge is 0.462 e. The maximum atomic E-state index is 12.5. The van der Waals surface area contributed by atoms with Crippen LogP contribution in [0.1, 0.15) is 28.4 Å². The Morgan fingerprint density at radius 3 is 2.61 bits per heavy atom. The van der Waals surface area contributed by atoms with E-state index < -0.39 is 0 Å². The van der Waals surface area contributed by atoms with Crippen molar-refractivity contribution in [3.63, 3.8) is 0 Å². The van der Waals surface area contributed by atoms with Crippen molar-refractivity contribution < 1.29 is 14.3 Å². The second-order valence-corrected chi connectivity index (χ2v) is 7.30. The number of esters is 1. The van der Waals surface area contributed by atoms with Crippen LogP contribution >= 0.6 is 0 Å². The molecule has 1 aromatic heterocycles. The Morgan fingerprint density at radius 1 is 1.03 bits per heavy atom. The molecule has 0 radical (unpaired) electrons. The summed E-state index contributed by atoms with van der Waals surface area (Å²) < 4.78 is 5.12. The van der Waals surface area contributed by atoms with Gasteiger partial charge in [0, 0.05) is 5.39 Å².